The fourth-order valence-electron chi connectivity index (χ4n) is 1.24. The lowest BCUT2D eigenvalue weighted by molar-refractivity contribution is 0.00689. The van der Waals surface area contributed by atoms with Crippen LogP contribution in [0.25, 0.3) is 0 Å². The number of ether oxygens (including phenoxy) is 1. The lowest BCUT2D eigenvalue weighted by Gasteiger charge is -2.20. The Morgan fingerprint density at radius 2 is 2.06 bits per heavy atom. The Morgan fingerprint density at radius 1 is 1.44 bits per heavy atom. The number of rotatable bonds is 2. The molecule has 0 bridgehead atoms. The molecule has 0 radical (unpaired) electrons. The van der Waals surface area contributed by atoms with Crippen LogP contribution in [0.4, 0.5) is 0 Å². The standard InChI is InChI=1S/C12H14BrClO2/c1-12(2,3)16-11(15)10-8(7-13)5-4-6-9(10)14/h4-6H,7H2,1-3H3. The zero-order chi connectivity index (χ0) is 12.3. The van der Waals surface area contributed by atoms with Gasteiger partial charge in [0.25, 0.3) is 0 Å². The average molecular weight is 306 g/mol. The zero-order valence-electron chi connectivity index (χ0n) is 9.51. The summed E-state index contributed by atoms with van der Waals surface area (Å²) in [5, 5.41) is 0.994. The fourth-order valence-corrected chi connectivity index (χ4v) is 1.98. The number of hydrogen-bond donors (Lipinski definition) is 0. The second-order valence-corrected chi connectivity index (χ2v) is 5.38. The van der Waals surface area contributed by atoms with Gasteiger partial charge in [0, 0.05) is 5.33 Å². The van der Waals surface area contributed by atoms with Gasteiger partial charge in [0.05, 0.1) is 10.6 Å². The van der Waals surface area contributed by atoms with E-state index in [2.05, 4.69) is 15.9 Å². The third-order valence-electron chi connectivity index (χ3n) is 1.85. The summed E-state index contributed by atoms with van der Waals surface area (Å²) in [6.07, 6.45) is 0. The van der Waals surface area contributed by atoms with Crippen LogP contribution in [0.15, 0.2) is 18.2 Å². The van der Waals surface area contributed by atoms with Crippen LogP contribution in [0.3, 0.4) is 0 Å². The van der Waals surface area contributed by atoms with Gasteiger partial charge in [-0.05, 0) is 32.4 Å². The number of benzene rings is 1. The molecule has 0 saturated heterocycles. The molecule has 0 unspecified atom stereocenters. The summed E-state index contributed by atoms with van der Waals surface area (Å²) in [5.41, 5.74) is 0.762. The van der Waals surface area contributed by atoms with Crippen LogP contribution >= 0.6 is 27.5 Å². The Balaban J connectivity index is 3.08. The lowest BCUT2D eigenvalue weighted by atomic mass is 10.1. The molecule has 0 saturated carbocycles. The maximum absolute atomic E-state index is 11.9. The van der Waals surface area contributed by atoms with Crippen LogP contribution < -0.4 is 0 Å². The third kappa shape index (κ3) is 3.49. The monoisotopic (exact) mass is 304 g/mol. The van der Waals surface area contributed by atoms with E-state index in [0.29, 0.717) is 15.9 Å². The van der Waals surface area contributed by atoms with Crippen molar-refractivity contribution in [2.24, 2.45) is 0 Å². The van der Waals surface area contributed by atoms with Gasteiger partial charge in [0.2, 0.25) is 0 Å². The number of carbonyl (C=O) groups excluding carboxylic acids is 1. The highest BCUT2D eigenvalue weighted by atomic mass is 79.9. The Bertz CT molecular complexity index is 396. The maximum Gasteiger partial charge on any atom is 0.340 e. The lowest BCUT2D eigenvalue weighted by Crippen LogP contribution is -2.24. The number of esters is 1. The van der Waals surface area contributed by atoms with E-state index >= 15 is 0 Å². The van der Waals surface area contributed by atoms with E-state index in [0.717, 1.165) is 5.56 Å². The van der Waals surface area contributed by atoms with E-state index in [1.54, 1.807) is 6.07 Å². The molecule has 0 aromatic heterocycles. The summed E-state index contributed by atoms with van der Waals surface area (Å²) in [6, 6.07) is 5.35. The minimum atomic E-state index is -0.514. The Morgan fingerprint density at radius 3 is 2.56 bits per heavy atom. The third-order valence-corrected chi connectivity index (χ3v) is 2.77. The van der Waals surface area contributed by atoms with Crippen LogP contribution in [0.2, 0.25) is 5.02 Å². The summed E-state index contributed by atoms with van der Waals surface area (Å²) < 4.78 is 5.30. The average Bonchev–Trinajstić information content (AvgIpc) is 2.14. The van der Waals surface area contributed by atoms with E-state index in [1.807, 2.05) is 32.9 Å². The van der Waals surface area contributed by atoms with Gasteiger partial charge in [-0.3, -0.25) is 0 Å². The summed E-state index contributed by atoms with van der Waals surface area (Å²) in [7, 11) is 0. The zero-order valence-corrected chi connectivity index (χ0v) is 11.9. The molecular formula is C12H14BrClO2. The van der Waals surface area contributed by atoms with Gasteiger partial charge in [0.15, 0.2) is 0 Å². The van der Waals surface area contributed by atoms with Crippen molar-refractivity contribution in [1.82, 2.24) is 0 Å². The van der Waals surface area contributed by atoms with E-state index < -0.39 is 5.60 Å². The minimum absolute atomic E-state index is 0.382. The summed E-state index contributed by atoms with van der Waals surface area (Å²) in [4.78, 5) is 11.9. The first-order valence-corrected chi connectivity index (χ1v) is 6.42. The van der Waals surface area contributed by atoms with Gasteiger partial charge in [-0.1, -0.05) is 39.7 Å². The Labute approximate surface area is 109 Å². The Kier molecular flexibility index (Phi) is 4.39. The van der Waals surface area contributed by atoms with Crippen molar-refractivity contribution in [2.75, 3.05) is 0 Å². The summed E-state index contributed by atoms with van der Waals surface area (Å²) in [6.45, 7) is 5.49. The molecule has 0 aliphatic rings. The highest BCUT2D eigenvalue weighted by Crippen LogP contribution is 2.24. The second kappa shape index (κ2) is 5.19. The van der Waals surface area contributed by atoms with E-state index in [9.17, 15) is 4.79 Å². The molecule has 0 spiro atoms. The van der Waals surface area contributed by atoms with E-state index in [4.69, 9.17) is 16.3 Å². The van der Waals surface area contributed by atoms with Crippen LogP contribution in [0.1, 0.15) is 36.7 Å². The van der Waals surface area contributed by atoms with Crippen molar-refractivity contribution in [2.45, 2.75) is 31.7 Å². The number of alkyl halides is 1. The summed E-state index contributed by atoms with van der Waals surface area (Å²) >= 11 is 9.33. The number of carbonyl (C=O) groups is 1. The molecule has 0 heterocycles. The molecule has 1 rings (SSSR count). The first kappa shape index (κ1) is 13.5. The predicted molar refractivity (Wildman–Crippen MR) is 69.3 cm³/mol. The van der Waals surface area contributed by atoms with Crippen molar-refractivity contribution in [3.8, 4) is 0 Å². The molecule has 0 N–H and O–H groups in total. The largest absolute Gasteiger partial charge is 0.456 e. The van der Waals surface area contributed by atoms with Crippen molar-refractivity contribution >= 4 is 33.5 Å². The van der Waals surface area contributed by atoms with E-state index in [1.165, 1.54) is 0 Å². The molecule has 1 aromatic carbocycles. The quantitative estimate of drug-likeness (QED) is 0.605. The van der Waals surface area contributed by atoms with Crippen molar-refractivity contribution in [3.63, 3.8) is 0 Å². The first-order chi connectivity index (χ1) is 7.35. The number of hydrogen-bond acceptors (Lipinski definition) is 2. The SMILES string of the molecule is CC(C)(C)OC(=O)c1c(Cl)cccc1CBr. The summed E-state index contributed by atoms with van der Waals surface area (Å²) in [5.74, 6) is -0.382. The minimum Gasteiger partial charge on any atom is -0.456 e. The maximum atomic E-state index is 11.9. The highest BCUT2D eigenvalue weighted by molar-refractivity contribution is 9.08. The highest BCUT2D eigenvalue weighted by Gasteiger charge is 2.22. The number of halogens is 2. The molecular weight excluding hydrogens is 291 g/mol. The first-order valence-electron chi connectivity index (χ1n) is 4.92. The molecule has 4 heteroatoms. The van der Waals surface area contributed by atoms with Crippen LogP contribution in [0.5, 0.6) is 0 Å². The molecule has 0 amide bonds. The van der Waals surface area contributed by atoms with E-state index in [-0.39, 0.29) is 5.97 Å². The predicted octanol–water partition coefficient (Wildman–Crippen LogP) is 4.19. The topological polar surface area (TPSA) is 26.3 Å². The smallest absolute Gasteiger partial charge is 0.340 e. The normalized spacial score (nSPS) is 11.3. The molecule has 2 nitrogen and oxygen atoms in total. The van der Waals surface area contributed by atoms with Gasteiger partial charge in [0.1, 0.15) is 5.60 Å². The van der Waals surface area contributed by atoms with Gasteiger partial charge < -0.3 is 4.74 Å². The van der Waals surface area contributed by atoms with Crippen molar-refractivity contribution in [3.05, 3.63) is 34.3 Å². The Hall–Kier alpha value is -0.540. The molecule has 0 atom stereocenters. The van der Waals surface area contributed by atoms with Gasteiger partial charge in [-0.15, -0.1) is 0 Å². The van der Waals surface area contributed by atoms with Gasteiger partial charge in [-0.2, -0.15) is 0 Å². The molecule has 16 heavy (non-hydrogen) atoms. The van der Waals surface area contributed by atoms with Gasteiger partial charge >= 0.3 is 5.97 Å². The fraction of sp³-hybridized carbons (Fsp3) is 0.417. The van der Waals surface area contributed by atoms with Gasteiger partial charge in [-0.25, -0.2) is 4.79 Å². The second-order valence-electron chi connectivity index (χ2n) is 4.41. The molecule has 0 fully saturated rings. The van der Waals surface area contributed by atoms with Crippen LogP contribution in [0, 0.1) is 0 Å². The molecule has 88 valence electrons. The van der Waals surface area contributed by atoms with Crippen LogP contribution in [-0.2, 0) is 10.1 Å². The molecule has 1 aromatic rings. The van der Waals surface area contributed by atoms with Crippen LogP contribution in [-0.4, -0.2) is 11.6 Å². The molecule has 0 aliphatic carbocycles. The van der Waals surface area contributed by atoms with Crippen molar-refractivity contribution in [1.29, 1.82) is 0 Å². The van der Waals surface area contributed by atoms with Crippen molar-refractivity contribution < 1.29 is 9.53 Å². The molecule has 0 aliphatic heterocycles.